The monoisotopic (exact) mass is 484 g/mol. The minimum Gasteiger partial charge on any atom is -0.378 e. The van der Waals surface area contributed by atoms with Gasteiger partial charge in [0.2, 0.25) is 11.9 Å². The Balaban J connectivity index is 1.55. The van der Waals surface area contributed by atoms with Crippen molar-refractivity contribution in [1.29, 1.82) is 0 Å². The molecule has 1 aliphatic rings. The van der Waals surface area contributed by atoms with Crippen molar-refractivity contribution < 1.29 is 9.53 Å². The van der Waals surface area contributed by atoms with Crippen molar-refractivity contribution in [1.82, 2.24) is 24.8 Å². The first-order valence-electron chi connectivity index (χ1n) is 11.7. The number of morpholine rings is 1. The highest BCUT2D eigenvalue weighted by atomic mass is 16.5. The van der Waals surface area contributed by atoms with Gasteiger partial charge in [0.15, 0.2) is 5.82 Å². The minimum atomic E-state index is -0.0612. The number of aromatic nitrogens is 4. The van der Waals surface area contributed by atoms with Crippen LogP contribution in [0.3, 0.4) is 0 Å². The molecule has 2 aromatic heterocycles. The van der Waals surface area contributed by atoms with Crippen LogP contribution in [0.25, 0.3) is 33.4 Å². The van der Waals surface area contributed by atoms with Gasteiger partial charge in [0, 0.05) is 36.6 Å². The number of amides is 1. The molecule has 10 nitrogen and oxygen atoms in total. The Labute approximate surface area is 209 Å². The fourth-order valence-electron chi connectivity index (χ4n) is 4.16. The second-order valence-corrected chi connectivity index (χ2v) is 8.90. The number of carbonyl (C=O) groups excluding carboxylic acids is 1. The molecule has 36 heavy (non-hydrogen) atoms. The van der Waals surface area contributed by atoms with Crippen LogP contribution in [0, 0.1) is 0 Å². The number of nitrogens with zero attached hydrogens (tertiary/aromatic N) is 6. The molecule has 4 aromatic rings. The van der Waals surface area contributed by atoms with E-state index in [4.69, 9.17) is 20.4 Å². The molecule has 184 valence electrons. The van der Waals surface area contributed by atoms with Gasteiger partial charge < -0.3 is 25.6 Å². The number of fused-ring (bicyclic) bond motifs is 1. The van der Waals surface area contributed by atoms with E-state index in [2.05, 4.69) is 32.3 Å². The predicted molar refractivity (Wildman–Crippen MR) is 141 cm³/mol. The molecule has 3 heterocycles. The van der Waals surface area contributed by atoms with E-state index < -0.39 is 0 Å². The molecular weight excluding hydrogens is 456 g/mol. The quantitative estimate of drug-likeness (QED) is 0.425. The van der Waals surface area contributed by atoms with Gasteiger partial charge in [0.05, 0.1) is 30.8 Å². The third-order valence-corrected chi connectivity index (χ3v) is 5.86. The lowest BCUT2D eigenvalue weighted by atomic mass is 10.0. The molecule has 2 aromatic carbocycles. The standard InChI is InChI=1S/C26H28N8O2/c1-33(2)16-23(35)30-20-5-3-4-17(12-20)18-6-7-21-22(13-18)31-24(19-14-28-26(27)29-15-19)32-25(21)34-8-10-36-11-9-34/h3-7,12-15H,8-11,16H2,1-2H3,(H,30,35)(H2,27,28,29). The number of hydrogen-bond acceptors (Lipinski definition) is 9. The maximum absolute atomic E-state index is 12.2. The summed E-state index contributed by atoms with van der Waals surface area (Å²) < 4.78 is 5.55. The number of anilines is 3. The molecule has 0 aliphatic carbocycles. The maximum Gasteiger partial charge on any atom is 0.238 e. The Morgan fingerprint density at radius 3 is 2.53 bits per heavy atom. The van der Waals surface area contributed by atoms with Gasteiger partial charge in [-0.15, -0.1) is 0 Å². The second kappa shape index (κ2) is 10.2. The third-order valence-electron chi connectivity index (χ3n) is 5.86. The van der Waals surface area contributed by atoms with E-state index in [9.17, 15) is 4.79 Å². The zero-order valence-corrected chi connectivity index (χ0v) is 20.3. The molecule has 0 radical (unpaired) electrons. The summed E-state index contributed by atoms with van der Waals surface area (Å²) in [6, 6.07) is 14.0. The number of nitrogen functional groups attached to an aromatic ring is 1. The first-order chi connectivity index (χ1) is 17.5. The summed E-state index contributed by atoms with van der Waals surface area (Å²) in [4.78, 5) is 34.2. The molecule has 5 rings (SSSR count). The van der Waals surface area contributed by atoms with Crippen LogP contribution >= 0.6 is 0 Å². The summed E-state index contributed by atoms with van der Waals surface area (Å²) in [7, 11) is 3.73. The zero-order chi connectivity index (χ0) is 25.1. The maximum atomic E-state index is 12.2. The number of hydrogen-bond donors (Lipinski definition) is 2. The van der Waals surface area contributed by atoms with Crippen LogP contribution in [0.1, 0.15) is 0 Å². The molecule has 3 N–H and O–H groups in total. The Morgan fingerprint density at radius 1 is 1.03 bits per heavy atom. The van der Waals surface area contributed by atoms with Crippen molar-refractivity contribution in [2.75, 3.05) is 62.9 Å². The van der Waals surface area contributed by atoms with Gasteiger partial charge in [-0.2, -0.15) is 0 Å². The fourth-order valence-corrected chi connectivity index (χ4v) is 4.16. The van der Waals surface area contributed by atoms with Crippen LogP contribution in [0.5, 0.6) is 0 Å². The average molecular weight is 485 g/mol. The van der Waals surface area contributed by atoms with Crippen molar-refractivity contribution in [3.05, 3.63) is 54.9 Å². The van der Waals surface area contributed by atoms with E-state index >= 15 is 0 Å². The molecule has 0 spiro atoms. The van der Waals surface area contributed by atoms with Gasteiger partial charge in [0.25, 0.3) is 0 Å². The SMILES string of the molecule is CN(C)CC(=O)Nc1cccc(-c2ccc3c(N4CCOCC4)nc(-c4cnc(N)nc4)nc3c2)c1. The van der Waals surface area contributed by atoms with Crippen LogP contribution < -0.4 is 16.0 Å². The van der Waals surface area contributed by atoms with Gasteiger partial charge in [-0.3, -0.25) is 4.79 Å². The molecular formula is C26H28N8O2. The summed E-state index contributed by atoms with van der Waals surface area (Å²) in [5, 5.41) is 3.91. The van der Waals surface area contributed by atoms with Crippen LogP contribution in [-0.4, -0.2) is 77.7 Å². The van der Waals surface area contributed by atoms with Crippen molar-refractivity contribution in [3.8, 4) is 22.5 Å². The predicted octanol–water partition coefficient (Wildman–Crippen LogP) is 2.67. The molecule has 0 atom stereocenters. The summed E-state index contributed by atoms with van der Waals surface area (Å²) >= 11 is 0. The van der Waals surface area contributed by atoms with E-state index in [0.29, 0.717) is 31.1 Å². The number of likely N-dealkylation sites (N-methyl/N-ethyl adjacent to an activating group) is 1. The number of carbonyl (C=O) groups is 1. The summed E-state index contributed by atoms with van der Waals surface area (Å²) in [5.74, 6) is 1.53. The van der Waals surface area contributed by atoms with Gasteiger partial charge in [-0.05, 0) is 49.5 Å². The van der Waals surface area contributed by atoms with Crippen molar-refractivity contribution >= 4 is 34.3 Å². The van der Waals surface area contributed by atoms with Crippen LogP contribution in [-0.2, 0) is 9.53 Å². The smallest absolute Gasteiger partial charge is 0.238 e. The number of nitrogens with one attached hydrogen (secondary N) is 1. The highest BCUT2D eigenvalue weighted by molar-refractivity contribution is 5.95. The summed E-state index contributed by atoms with van der Waals surface area (Å²) in [6.45, 7) is 3.12. The first-order valence-corrected chi connectivity index (χ1v) is 11.7. The van der Waals surface area contributed by atoms with Crippen LogP contribution in [0.2, 0.25) is 0 Å². The lowest BCUT2D eigenvalue weighted by Gasteiger charge is -2.29. The lowest BCUT2D eigenvalue weighted by molar-refractivity contribution is -0.116. The molecule has 10 heteroatoms. The van der Waals surface area contributed by atoms with Crippen molar-refractivity contribution in [2.24, 2.45) is 0 Å². The zero-order valence-electron chi connectivity index (χ0n) is 20.3. The van der Waals surface area contributed by atoms with E-state index in [0.717, 1.165) is 46.6 Å². The van der Waals surface area contributed by atoms with E-state index in [1.807, 2.05) is 49.3 Å². The van der Waals surface area contributed by atoms with Gasteiger partial charge >= 0.3 is 0 Å². The largest absolute Gasteiger partial charge is 0.378 e. The molecule has 0 saturated carbocycles. The Kier molecular flexibility index (Phi) is 6.70. The second-order valence-electron chi connectivity index (χ2n) is 8.90. The minimum absolute atomic E-state index is 0.0612. The topological polar surface area (TPSA) is 122 Å². The van der Waals surface area contributed by atoms with E-state index in [1.54, 1.807) is 12.4 Å². The molecule has 1 amide bonds. The number of nitrogens with two attached hydrogens (primary N) is 1. The normalized spacial score (nSPS) is 13.8. The Morgan fingerprint density at radius 2 is 1.78 bits per heavy atom. The fraction of sp³-hybridized carbons (Fsp3) is 0.269. The van der Waals surface area contributed by atoms with Crippen LogP contribution in [0.15, 0.2) is 54.9 Å². The molecule has 0 unspecified atom stereocenters. The highest BCUT2D eigenvalue weighted by Gasteiger charge is 2.19. The molecule has 1 aliphatic heterocycles. The third kappa shape index (κ3) is 5.24. The highest BCUT2D eigenvalue weighted by Crippen LogP contribution is 2.32. The van der Waals surface area contributed by atoms with E-state index in [-0.39, 0.29) is 11.9 Å². The average Bonchev–Trinajstić information content (AvgIpc) is 2.88. The number of benzene rings is 2. The van der Waals surface area contributed by atoms with Crippen molar-refractivity contribution in [3.63, 3.8) is 0 Å². The van der Waals surface area contributed by atoms with Crippen LogP contribution in [0.4, 0.5) is 17.5 Å². The molecule has 1 saturated heterocycles. The van der Waals surface area contributed by atoms with Gasteiger partial charge in [0.1, 0.15) is 5.82 Å². The lowest BCUT2D eigenvalue weighted by Crippen LogP contribution is -2.37. The van der Waals surface area contributed by atoms with Gasteiger partial charge in [-0.1, -0.05) is 18.2 Å². The Bertz CT molecular complexity index is 1380. The number of rotatable bonds is 6. The first kappa shape index (κ1) is 23.6. The Hall–Kier alpha value is -4.15. The van der Waals surface area contributed by atoms with E-state index in [1.165, 1.54) is 0 Å². The summed E-state index contributed by atoms with van der Waals surface area (Å²) in [6.07, 6.45) is 3.27. The number of ether oxygens (including phenoxy) is 1. The molecule has 1 fully saturated rings. The van der Waals surface area contributed by atoms with Gasteiger partial charge in [-0.25, -0.2) is 19.9 Å². The molecule has 0 bridgehead atoms. The summed E-state index contributed by atoms with van der Waals surface area (Å²) in [5.41, 5.74) is 9.88. The van der Waals surface area contributed by atoms with Crippen molar-refractivity contribution in [2.45, 2.75) is 0 Å².